The second-order valence-corrected chi connectivity index (χ2v) is 8.29. The largest absolute Gasteiger partial charge is 0.490 e. The molecule has 0 amide bonds. The highest BCUT2D eigenvalue weighted by atomic mass is 35.5. The maximum absolute atomic E-state index is 13.2. The van der Waals surface area contributed by atoms with Gasteiger partial charge in [-0.15, -0.1) is 0 Å². The van der Waals surface area contributed by atoms with Gasteiger partial charge in [0.25, 0.3) is 0 Å². The molecule has 0 atom stereocenters. The highest BCUT2D eigenvalue weighted by molar-refractivity contribution is 6.30. The summed E-state index contributed by atoms with van der Waals surface area (Å²) in [5.41, 5.74) is 5.52. The third-order valence-electron chi connectivity index (χ3n) is 5.69. The molecule has 33 heavy (non-hydrogen) atoms. The number of nitrogens with zero attached hydrogens (tertiary/aromatic N) is 1. The molecule has 0 fully saturated rings. The van der Waals surface area contributed by atoms with Crippen LogP contribution in [-0.4, -0.2) is 24.2 Å². The number of fused-ring (bicyclic) bond motifs is 2. The Morgan fingerprint density at radius 2 is 1.67 bits per heavy atom. The van der Waals surface area contributed by atoms with Crippen molar-refractivity contribution in [1.29, 1.82) is 0 Å². The van der Waals surface area contributed by atoms with E-state index in [0.717, 1.165) is 46.1 Å². The molecule has 1 aliphatic rings. The van der Waals surface area contributed by atoms with Gasteiger partial charge in [-0.05, 0) is 65.9 Å². The molecule has 5 rings (SSSR count). The molecular formula is C28H22ClNO3. The van der Waals surface area contributed by atoms with Crippen molar-refractivity contribution >= 4 is 40.1 Å². The van der Waals surface area contributed by atoms with Gasteiger partial charge in [0.05, 0.1) is 16.8 Å². The van der Waals surface area contributed by atoms with Crippen LogP contribution in [0.3, 0.4) is 0 Å². The van der Waals surface area contributed by atoms with Crippen molar-refractivity contribution in [3.8, 4) is 5.75 Å². The molecule has 0 bridgehead atoms. The molecule has 0 spiro atoms. The molecule has 0 saturated carbocycles. The SMILES string of the molecule is O=C(OCCOc1ccc(Cl)cc1)c1c2c(nc3ccccc13)C(=Cc1ccccc1)CC2. The summed E-state index contributed by atoms with van der Waals surface area (Å²) >= 11 is 5.90. The lowest BCUT2D eigenvalue weighted by atomic mass is 10.0. The molecule has 4 aromatic rings. The normalized spacial score (nSPS) is 13.8. The standard InChI is InChI=1S/C28H22ClNO3/c29-21-11-13-22(14-12-21)32-16-17-33-28(31)26-23-8-4-5-9-25(23)30-27-20(10-15-24(26)27)18-19-6-2-1-3-7-19/h1-9,11-14,18H,10,15-17H2. The molecule has 4 nitrogen and oxygen atoms in total. The number of benzene rings is 3. The second kappa shape index (κ2) is 9.47. The van der Waals surface area contributed by atoms with Gasteiger partial charge < -0.3 is 9.47 Å². The molecule has 164 valence electrons. The van der Waals surface area contributed by atoms with Gasteiger partial charge >= 0.3 is 5.97 Å². The first-order valence-electron chi connectivity index (χ1n) is 10.9. The molecule has 0 unspecified atom stereocenters. The first-order chi connectivity index (χ1) is 16.2. The minimum absolute atomic E-state index is 0.152. The van der Waals surface area contributed by atoms with Gasteiger partial charge in [-0.25, -0.2) is 9.78 Å². The number of pyridine rings is 1. The Bertz CT molecular complexity index is 1330. The van der Waals surface area contributed by atoms with E-state index >= 15 is 0 Å². The number of carbonyl (C=O) groups is 1. The number of allylic oxidation sites excluding steroid dienone is 1. The smallest absolute Gasteiger partial charge is 0.339 e. The number of aromatic nitrogens is 1. The molecule has 0 aliphatic heterocycles. The Hall–Kier alpha value is -3.63. The Morgan fingerprint density at radius 1 is 0.909 bits per heavy atom. The second-order valence-electron chi connectivity index (χ2n) is 7.85. The summed E-state index contributed by atoms with van der Waals surface area (Å²) in [5, 5.41) is 1.47. The van der Waals surface area contributed by atoms with Gasteiger partial charge in [-0.3, -0.25) is 0 Å². The number of hydrogen-bond acceptors (Lipinski definition) is 4. The molecule has 1 aliphatic carbocycles. The van der Waals surface area contributed by atoms with Crippen molar-refractivity contribution in [3.63, 3.8) is 0 Å². The zero-order valence-electron chi connectivity index (χ0n) is 18.0. The summed E-state index contributed by atoms with van der Waals surface area (Å²) in [5.74, 6) is 0.340. The quantitative estimate of drug-likeness (QED) is 0.242. The van der Waals surface area contributed by atoms with Gasteiger partial charge in [0, 0.05) is 10.4 Å². The van der Waals surface area contributed by atoms with Crippen molar-refractivity contribution in [3.05, 3.63) is 106 Å². The predicted molar refractivity (Wildman–Crippen MR) is 132 cm³/mol. The zero-order valence-corrected chi connectivity index (χ0v) is 18.7. The average Bonchev–Trinajstić information content (AvgIpc) is 3.23. The van der Waals surface area contributed by atoms with Gasteiger partial charge in [0.15, 0.2) is 0 Å². The molecule has 0 saturated heterocycles. The molecule has 0 radical (unpaired) electrons. The lowest BCUT2D eigenvalue weighted by Crippen LogP contribution is -2.15. The van der Waals surface area contributed by atoms with E-state index in [9.17, 15) is 4.79 Å². The Balaban J connectivity index is 1.40. The lowest BCUT2D eigenvalue weighted by molar-refractivity contribution is 0.0451. The van der Waals surface area contributed by atoms with Gasteiger partial charge in [-0.1, -0.05) is 60.1 Å². The van der Waals surface area contributed by atoms with E-state index in [2.05, 4.69) is 18.2 Å². The van der Waals surface area contributed by atoms with Crippen molar-refractivity contribution in [1.82, 2.24) is 4.98 Å². The van der Waals surface area contributed by atoms with Crippen molar-refractivity contribution in [2.45, 2.75) is 12.8 Å². The van der Waals surface area contributed by atoms with Crippen LogP contribution in [0.5, 0.6) is 5.75 Å². The Kier molecular flexibility index (Phi) is 6.09. The zero-order chi connectivity index (χ0) is 22.6. The third-order valence-corrected chi connectivity index (χ3v) is 5.94. The summed E-state index contributed by atoms with van der Waals surface area (Å²) in [4.78, 5) is 18.1. The maximum Gasteiger partial charge on any atom is 0.339 e. The minimum Gasteiger partial charge on any atom is -0.490 e. The Labute approximate surface area is 197 Å². The van der Waals surface area contributed by atoms with Crippen molar-refractivity contribution in [2.75, 3.05) is 13.2 Å². The van der Waals surface area contributed by atoms with Crippen LogP contribution in [0.1, 0.15) is 33.6 Å². The maximum atomic E-state index is 13.2. The van der Waals surface area contributed by atoms with E-state index in [1.54, 1.807) is 24.3 Å². The summed E-state index contributed by atoms with van der Waals surface area (Å²) in [6, 6.07) is 25.0. The lowest BCUT2D eigenvalue weighted by Gasteiger charge is -2.13. The summed E-state index contributed by atoms with van der Waals surface area (Å²) < 4.78 is 11.3. The summed E-state index contributed by atoms with van der Waals surface area (Å²) in [6.07, 6.45) is 3.76. The van der Waals surface area contributed by atoms with Gasteiger partial charge in [0.1, 0.15) is 19.0 Å². The highest BCUT2D eigenvalue weighted by Crippen LogP contribution is 2.37. The first kappa shape index (κ1) is 21.2. The number of hydrogen-bond donors (Lipinski definition) is 0. The number of esters is 1. The summed E-state index contributed by atoms with van der Waals surface area (Å²) in [6.45, 7) is 0.414. The fourth-order valence-electron chi connectivity index (χ4n) is 4.16. The van der Waals surface area contributed by atoms with Crippen LogP contribution in [0.25, 0.3) is 22.6 Å². The molecule has 3 aromatic carbocycles. The van der Waals surface area contributed by atoms with Gasteiger partial charge in [0.2, 0.25) is 0 Å². The van der Waals surface area contributed by atoms with Crippen LogP contribution >= 0.6 is 11.6 Å². The average molecular weight is 456 g/mol. The van der Waals surface area contributed by atoms with E-state index < -0.39 is 0 Å². The van der Waals surface area contributed by atoms with Crippen LogP contribution in [0.15, 0.2) is 78.9 Å². The van der Waals surface area contributed by atoms with Gasteiger partial charge in [-0.2, -0.15) is 0 Å². The highest BCUT2D eigenvalue weighted by Gasteiger charge is 2.27. The number of halogens is 1. The van der Waals surface area contributed by atoms with Crippen LogP contribution in [0, 0.1) is 0 Å². The third kappa shape index (κ3) is 4.62. The van der Waals surface area contributed by atoms with Crippen molar-refractivity contribution < 1.29 is 14.3 Å². The topological polar surface area (TPSA) is 48.4 Å². The predicted octanol–water partition coefficient (Wildman–Crippen LogP) is 6.61. The van der Waals surface area contributed by atoms with Crippen molar-refractivity contribution in [2.24, 2.45) is 0 Å². The van der Waals surface area contributed by atoms with Crippen LogP contribution in [-0.2, 0) is 11.2 Å². The van der Waals surface area contributed by atoms with Crippen LogP contribution < -0.4 is 4.74 Å². The molecule has 1 heterocycles. The number of ether oxygens (including phenoxy) is 2. The monoisotopic (exact) mass is 455 g/mol. The van der Waals surface area contributed by atoms with E-state index in [1.165, 1.54) is 0 Å². The number of para-hydroxylation sites is 1. The Morgan fingerprint density at radius 3 is 2.48 bits per heavy atom. The van der Waals surface area contributed by atoms with E-state index in [4.69, 9.17) is 26.1 Å². The van der Waals surface area contributed by atoms with Crippen LogP contribution in [0.2, 0.25) is 5.02 Å². The molecule has 5 heteroatoms. The minimum atomic E-state index is -0.342. The fraction of sp³-hybridized carbons (Fsp3) is 0.143. The van der Waals surface area contributed by atoms with Crippen LogP contribution in [0.4, 0.5) is 0 Å². The number of rotatable bonds is 6. The summed E-state index contributed by atoms with van der Waals surface area (Å²) in [7, 11) is 0. The number of carbonyl (C=O) groups excluding carboxylic acids is 1. The van der Waals surface area contributed by atoms with E-state index in [-0.39, 0.29) is 19.2 Å². The van der Waals surface area contributed by atoms with E-state index in [1.807, 2.05) is 42.5 Å². The fourth-order valence-corrected chi connectivity index (χ4v) is 4.29. The first-order valence-corrected chi connectivity index (χ1v) is 11.3. The molecule has 0 N–H and O–H groups in total. The molecular weight excluding hydrogens is 434 g/mol. The molecule has 1 aromatic heterocycles. The van der Waals surface area contributed by atoms with E-state index in [0.29, 0.717) is 16.3 Å².